The normalized spacial score (nSPS) is 14.1. The Hall–Kier alpha value is -0.770. The van der Waals surface area contributed by atoms with Crippen LogP contribution >= 0.6 is 0 Å². The highest BCUT2D eigenvalue weighted by molar-refractivity contribution is 5.85. The Labute approximate surface area is 86.8 Å². The molecule has 0 aliphatic rings. The van der Waals surface area contributed by atoms with Gasteiger partial charge in [0.1, 0.15) is 5.84 Å². The van der Waals surface area contributed by atoms with Gasteiger partial charge in [0.15, 0.2) is 0 Å². The summed E-state index contributed by atoms with van der Waals surface area (Å²) in [7, 11) is 2.08. The van der Waals surface area contributed by atoms with E-state index < -0.39 is 0 Å². The van der Waals surface area contributed by atoms with E-state index in [4.69, 9.17) is 10.9 Å². The van der Waals surface area contributed by atoms with E-state index in [1.165, 1.54) is 0 Å². The number of amidine groups is 1. The summed E-state index contributed by atoms with van der Waals surface area (Å²) < 4.78 is 0. The summed E-state index contributed by atoms with van der Waals surface area (Å²) in [6, 6.07) is 0.526. The molecule has 84 valence electrons. The van der Waals surface area contributed by atoms with Crippen molar-refractivity contribution in [1.29, 1.82) is 0 Å². The molecule has 0 saturated carbocycles. The van der Waals surface area contributed by atoms with Crippen molar-refractivity contribution in [2.24, 2.45) is 16.3 Å². The van der Waals surface area contributed by atoms with Gasteiger partial charge in [-0.25, -0.2) is 0 Å². The first kappa shape index (κ1) is 13.2. The van der Waals surface area contributed by atoms with Gasteiger partial charge in [-0.3, -0.25) is 0 Å². The van der Waals surface area contributed by atoms with E-state index in [1.807, 2.05) is 13.8 Å². The minimum Gasteiger partial charge on any atom is -0.409 e. The molecule has 0 aromatic rings. The molecule has 4 nitrogen and oxygen atoms in total. The summed E-state index contributed by atoms with van der Waals surface area (Å²) in [6.07, 6.45) is 0.886. The van der Waals surface area contributed by atoms with Crippen molar-refractivity contribution in [2.75, 3.05) is 13.6 Å². The van der Waals surface area contributed by atoms with E-state index in [0.29, 0.717) is 11.9 Å². The first-order valence-corrected chi connectivity index (χ1v) is 4.99. The molecule has 0 bridgehead atoms. The Morgan fingerprint density at radius 3 is 2.36 bits per heavy atom. The molecule has 0 aromatic heterocycles. The molecular weight excluding hydrogens is 178 g/mol. The van der Waals surface area contributed by atoms with Crippen LogP contribution in [0.25, 0.3) is 0 Å². The predicted octanol–water partition coefficient (Wildman–Crippen LogP) is 1.49. The molecule has 0 aliphatic carbocycles. The lowest BCUT2D eigenvalue weighted by molar-refractivity contribution is 0.240. The maximum Gasteiger partial charge on any atom is 0.144 e. The average molecular weight is 201 g/mol. The second-order valence-electron chi connectivity index (χ2n) is 4.69. The van der Waals surface area contributed by atoms with Crippen LogP contribution in [0.5, 0.6) is 0 Å². The largest absolute Gasteiger partial charge is 0.409 e. The van der Waals surface area contributed by atoms with Crippen LogP contribution < -0.4 is 5.73 Å². The van der Waals surface area contributed by atoms with Gasteiger partial charge < -0.3 is 15.8 Å². The molecule has 0 spiro atoms. The van der Waals surface area contributed by atoms with Gasteiger partial charge in [0.25, 0.3) is 0 Å². The van der Waals surface area contributed by atoms with Crippen molar-refractivity contribution >= 4 is 5.84 Å². The number of rotatable bonds is 5. The zero-order chi connectivity index (χ0) is 11.4. The fourth-order valence-electron chi connectivity index (χ4n) is 0.977. The highest BCUT2D eigenvalue weighted by Gasteiger charge is 2.23. The standard InChI is InChI=1S/C10H23N3O/c1-8(2)13(5)7-6-10(3,4)9(11)12-14/h8,14H,6-7H2,1-5H3,(H2,11,12). The predicted molar refractivity (Wildman–Crippen MR) is 59.6 cm³/mol. The van der Waals surface area contributed by atoms with Gasteiger partial charge in [0.2, 0.25) is 0 Å². The highest BCUT2D eigenvalue weighted by Crippen LogP contribution is 2.20. The van der Waals surface area contributed by atoms with Crippen LogP contribution in [0.4, 0.5) is 0 Å². The van der Waals surface area contributed by atoms with Crippen LogP contribution in [0, 0.1) is 5.41 Å². The van der Waals surface area contributed by atoms with Crippen LogP contribution in [0.15, 0.2) is 5.16 Å². The number of oxime groups is 1. The third kappa shape index (κ3) is 3.96. The van der Waals surface area contributed by atoms with E-state index in [9.17, 15) is 0 Å². The molecule has 0 radical (unpaired) electrons. The van der Waals surface area contributed by atoms with Crippen molar-refractivity contribution in [1.82, 2.24) is 4.90 Å². The Morgan fingerprint density at radius 2 is 2.00 bits per heavy atom. The summed E-state index contributed by atoms with van der Waals surface area (Å²) in [5, 5.41) is 11.7. The van der Waals surface area contributed by atoms with E-state index in [0.717, 1.165) is 13.0 Å². The molecule has 0 rings (SSSR count). The van der Waals surface area contributed by atoms with Gasteiger partial charge in [0.05, 0.1) is 0 Å². The third-order valence-electron chi connectivity index (χ3n) is 2.77. The monoisotopic (exact) mass is 201 g/mol. The molecule has 4 heteroatoms. The Kier molecular flexibility index (Phi) is 4.91. The van der Waals surface area contributed by atoms with Gasteiger partial charge in [-0.2, -0.15) is 0 Å². The molecule has 0 saturated heterocycles. The minimum absolute atomic E-state index is 0.238. The first-order valence-electron chi connectivity index (χ1n) is 4.99. The van der Waals surface area contributed by atoms with Crippen LogP contribution in [-0.2, 0) is 0 Å². The molecular formula is C10H23N3O. The quantitative estimate of drug-likeness (QED) is 0.306. The highest BCUT2D eigenvalue weighted by atomic mass is 16.4. The van der Waals surface area contributed by atoms with Crippen LogP contribution in [0.3, 0.4) is 0 Å². The topological polar surface area (TPSA) is 61.8 Å². The van der Waals surface area contributed by atoms with Crippen LogP contribution in [0.1, 0.15) is 34.1 Å². The lowest BCUT2D eigenvalue weighted by Crippen LogP contribution is -2.37. The Bertz CT molecular complexity index is 200. The Balaban J connectivity index is 4.12. The lowest BCUT2D eigenvalue weighted by atomic mass is 9.88. The summed E-state index contributed by atoms with van der Waals surface area (Å²) in [5.74, 6) is 0.301. The molecule has 0 aromatic carbocycles. The number of nitrogens with zero attached hydrogens (tertiary/aromatic N) is 2. The maximum absolute atomic E-state index is 8.59. The van der Waals surface area contributed by atoms with Crippen molar-refractivity contribution in [3.8, 4) is 0 Å². The second-order valence-corrected chi connectivity index (χ2v) is 4.69. The lowest BCUT2D eigenvalue weighted by Gasteiger charge is -2.28. The van der Waals surface area contributed by atoms with E-state index in [1.54, 1.807) is 0 Å². The average Bonchev–Trinajstić information content (AvgIpc) is 2.12. The minimum atomic E-state index is -0.238. The van der Waals surface area contributed by atoms with Crippen molar-refractivity contribution in [2.45, 2.75) is 40.2 Å². The van der Waals surface area contributed by atoms with Gasteiger partial charge >= 0.3 is 0 Å². The van der Waals surface area contributed by atoms with E-state index in [-0.39, 0.29) is 5.41 Å². The molecule has 3 N–H and O–H groups in total. The number of hydrogen-bond acceptors (Lipinski definition) is 3. The van der Waals surface area contributed by atoms with Gasteiger partial charge in [0, 0.05) is 11.5 Å². The van der Waals surface area contributed by atoms with E-state index in [2.05, 4.69) is 31.0 Å². The third-order valence-corrected chi connectivity index (χ3v) is 2.77. The molecule has 0 heterocycles. The summed E-state index contributed by atoms with van der Waals surface area (Å²) >= 11 is 0. The zero-order valence-corrected chi connectivity index (χ0v) is 9.91. The molecule has 0 unspecified atom stereocenters. The van der Waals surface area contributed by atoms with Crippen LogP contribution in [-0.4, -0.2) is 35.6 Å². The maximum atomic E-state index is 8.59. The molecule has 0 fully saturated rings. The molecule has 14 heavy (non-hydrogen) atoms. The van der Waals surface area contributed by atoms with Crippen molar-refractivity contribution < 1.29 is 5.21 Å². The SMILES string of the molecule is CC(C)N(C)CCC(C)(C)C(N)=NO. The summed E-state index contributed by atoms with van der Waals surface area (Å²) in [4.78, 5) is 2.24. The molecule has 0 amide bonds. The second kappa shape index (κ2) is 5.20. The zero-order valence-electron chi connectivity index (χ0n) is 9.91. The summed E-state index contributed by atoms with van der Waals surface area (Å²) in [5.41, 5.74) is 5.36. The van der Waals surface area contributed by atoms with Gasteiger partial charge in [-0.1, -0.05) is 19.0 Å². The smallest absolute Gasteiger partial charge is 0.144 e. The van der Waals surface area contributed by atoms with Crippen molar-refractivity contribution in [3.63, 3.8) is 0 Å². The Morgan fingerprint density at radius 1 is 1.50 bits per heavy atom. The molecule has 0 atom stereocenters. The molecule has 0 aliphatic heterocycles. The fourth-order valence-corrected chi connectivity index (χ4v) is 0.977. The fraction of sp³-hybridized carbons (Fsp3) is 0.900. The van der Waals surface area contributed by atoms with Crippen LogP contribution in [0.2, 0.25) is 0 Å². The number of nitrogens with two attached hydrogens (primary N) is 1. The summed E-state index contributed by atoms with van der Waals surface area (Å²) in [6.45, 7) is 9.21. The van der Waals surface area contributed by atoms with Crippen molar-refractivity contribution in [3.05, 3.63) is 0 Å². The van der Waals surface area contributed by atoms with Gasteiger partial charge in [-0.05, 0) is 33.9 Å². The first-order chi connectivity index (χ1) is 6.31. The number of hydrogen-bond donors (Lipinski definition) is 2. The van der Waals surface area contributed by atoms with E-state index >= 15 is 0 Å². The van der Waals surface area contributed by atoms with Gasteiger partial charge in [-0.15, -0.1) is 0 Å².